The fourth-order valence-electron chi connectivity index (χ4n) is 2.22. The van der Waals surface area contributed by atoms with Crippen molar-refractivity contribution in [3.8, 4) is 5.88 Å². The van der Waals surface area contributed by atoms with Crippen LogP contribution in [0.1, 0.15) is 45.2 Å². The number of aromatic amines is 1. The van der Waals surface area contributed by atoms with Gasteiger partial charge in [0, 0.05) is 5.92 Å². The Balaban J connectivity index is 1.83. The molecule has 0 spiro atoms. The number of pyridine rings is 1. The lowest BCUT2D eigenvalue weighted by molar-refractivity contribution is 0.0992. The minimum atomic E-state index is -0.678. The van der Waals surface area contributed by atoms with Crippen molar-refractivity contribution in [2.24, 2.45) is 5.73 Å². The van der Waals surface area contributed by atoms with Gasteiger partial charge in [-0.1, -0.05) is 0 Å². The van der Waals surface area contributed by atoms with E-state index in [2.05, 4.69) is 20.5 Å². The number of primary amides is 1. The van der Waals surface area contributed by atoms with Gasteiger partial charge in [-0.3, -0.25) is 14.7 Å². The van der Waals surface area contributed by atoms with Crippen molar-refractivity contribution in [1.29, 1.82) is 0 Å². The summed E-state index contributed by atoms with van der Waals surface area (Å²) in [5.41, 5.74) is 7.08. The standard InChI is InChI=1S/C14H15N5O3/c1-22-14-9(12(15)20)4-8(5-16-14)18-13(21)10-6-17-19-11(10)7-2-3-7/h4-7H,2-3H2,1H3,(H2,15,20)(H,17,19)(H,18,21). The maximum Gasteiger partial charge on any atom is 0.259 e. The van der Waals surface area contributed by atoms with Crippen molar-refractivity contribution >= 4 is 17.5 Å². The third-order valence-corrected chi connectivity index (χ3v) is 3.47. The Morgan fingerprint density at radius 2 is 2.14 bits per heavy atom. The molecular weight excluding hydrogens is 286 g/mol. The molecule has 2 heterocycles. The molecule has 1 fully saturated rings. The van der Waals surface area contributed by atoms with Crippen LogP contribution >= 0.6 is 0 Å². The zero-order chi connectivity index (χ0) is 15.7. The summed E-state index contributed by atoms with van der Waals surface area (Å²) >= 11 is 0. The van der Waals surface area contributed by atoms with Crippen LogP contribution in [0.2, 0.25) is 0 Å². The van der Waals surface area contributed by atoms with Crippen LogP contribution in [0.25, 0.3) is 0 Å². The van der Waals surface area contributed by atoms with E-state index in [0.717, 1.165) is 18.5 Å². The number of hydrogen-bond donors (Lipinski definition) is 3. The SMILES string of the molecule is COc1ncc(NC(=O)c2cn[nH]c2C2CC2)cc1C(N)=O. The lowest BCUT2D eigenvalue weighted by Gasteiger charge is -2.08. The molecule has 114 valence electrons. The van der Waals surface area contributed by atoms with Crippen molar-refractivity contribution in [2.75, 3.05) is 12.4 Å². The number of amides is 2. The molecule has 8 heteroatoms. The van der Waals surface area contributed by atoms with E-state index in [0.29, 0.717) is 17.2 Å². The normalized spacial score (nSPS) is 13.7. The molecule has 0 bridgehead atoms. The Labute approximate surface area is 126 Å². The van der Waals surface area contributed by atoms with Gasteiger partial charge in [-0.05, 0) is 18.9 Å². The predicted octanol–water partition coefficient (Wildman–Crippen LogP) is 1.04. The summed E-state index contributed by atoms with van der Waals surface area (Å²) in [5, 5.41) is 9.47. The molecule has 8 nitrogen and oxygen atoms in total. The van der Waals surface area contributed by atoms with Crippen molar-refractivity contribution in [3.05, 3.63) is 35.3 Å². The summed E-state index contributed by atoms with van der Waals surface area (Å²) in [6, 6.07) is 1.43. The third-order valence-electron chi connectivity index (χ3n) is 3.47. The Morgan fingerprint density at radius 3 is 2.77 bits per heavy atom. The number of aromatic nitrogens is 3. The van der Waals surface area contributed by atoms with Gasteiger partial charge in [-0.2, -0.15) is 5.10 Å². The summed E-state index contributed by atoms with van der Waals surface area (Å²) in [6.07, 6.45) is 5.01. The van der Waals surface area contributed by atoms with Gasteiger partial charge in [0.25, 0.3) is 11.8 Å². The van der Waals surface area contributed by atoms with Crippen LogP contribution in [-0.2, 0) is 0 Å². The fourth-order valence-corrected chi connectivity index (χ4v) is 2.22. The van der Waals surface area contributed by atoms with Gasteiger partial charge in [0.1, 0.15) is 5.56 Å². The van der Waals surface area contributed by atoms with Crippen molar-refractivity contribution in [3.63, 3.8) is 0 Å². The molecule has 1 aliphatic rings. The number of nitrogens with one attached hydrogen (secondary N) is 2. The van der Waals surface area contributed by atoms with Crippen LogP contribution in [-0.4, -0.2) is 34.1 Å². The summed E-state index contributed by atoms with van der Waals surface area (Å²) in [4.78, 5) is 27.7. The lowest BCUT2D eigenvalue weighted by atomic mass is 10.1. The number of H-pyrrole nitrogens is 1. The number of rotatable bonds is 5. The highest BCUT2D eigenvalue weighted by atomic mass is 16.5. The maximum absolute atomic E-state index is 12.3. The fraction of sp³-hybridized carbons (Fsp3) is 0.286. The molecule has 1 aliphatic carbocycles. The quantitative estimate of drug-likeness (QED) is 0.761. The highest BCUT2D eigenvalue weighted by molar-refractivity contribution is 6.05. The zero-order valence-corrected chi connectivity index (χ0v) is 11.9. The highest BCUT2D eigenvalue weighted by Gasteiger charge is 2.30. The van der Waals surface area contributed by atoms with Crippen LogP contribution in [0.4, 0.5) is 5.69 Å². The molecule has 4 N–H and O–H groups in total. The second-order valence-electron chi connectivity index (χ2n) is 5.07. The molecule has 0 atom stereocenters. The molecule has 2 amide bonds. The van der Waals surface area contributed by atoms with E-state index >= 15 is 0 Å². The van der Waals surface area contributed by atoms with Gasteiger partial charge in [0.2, 0.25) is 5.88 Å². The Kier molecular flexibility index (Phi) is 3.50. The Bertz CT molecular complexity index is 736. The summed E-state index contributed by atoms with van der Waals surface area (Å²) < 4.78 is 4.96. The molecule has 3 rings (SSSR count). The molecule has 0 aromatic carbocycles. The summed E-state index contributed by atoms with van der Waals surface area (Å²) in [6.45, 7) is 0. The van der Waals surface area contributed by atoms with E-state index in [9.17, 15) is 9.59 Å². The second kappa shape index (κ2) is 5.47. The molecule has 22 heavy (non-hydrogen) atoms. The minimum Gasteiger partial charge on any atom is -0.480 e. The van der Waals surface area contributed by atoms with Gasteiger partial charge in [-0.15, -0.1) is 0 Å². The van der Waals surface area contributed by atoms with E-state index in [-0.39, 0.29) is 17.4 Å². The van der Waals surface area contributed by atoms with E-state index in [1.807, 2.05) is 0 Å². The number of carbonyl (C=O) groups excluding carboxylic acids is 2. The first-order valence-corrected chi connectivity index (χ1v) is 6.78. The molecule has 2 aromatic heterocycles. The van der Waals surface area contributed by atoms with Gasteiger partial charge >= 0.3 is 0 Å². The predicted molar refractivity (Wildman–Crippen MR) is 77.8 cm³/mol. The van der Waals surface area contributed by atoms with Gasteiger partial charge < -0.3 is 15.8 Å². The average molecular weight is 301 g/mol. The van der Waals surface area contributed by atoms with Crippen LogP contribution < -0.4 is 15.8 Å². The third kappa shape index (κ3) is 2.62. The smallest absolute Gasteiger partial charge is 0.259 e. The van der Waals surface area contributed by atoms with Crippen LogP contribution in [0, 0.1) is 0 Å². The van der Waals surface area contributed by atoms with Crippen molar-refractivity contribution in [1.82, 2.24) is 15.2 Å². The van der Waals surface area contributed by atoms with Gasteiger partial charge in [-0.25, -0.2) is 4.98 Å². The Morgan fingerprint density at radius 1 is 1.36 bits per heavy atom. The first kappa shape index (κ1) is 14.1. The first-order chi connectivity index (χ1) is 10.6. The van der Waals surface area contributed by atoms with E-state index in [4.69, 9.17) is 10.5 Å². The maximum atomic E-state index is 12.3. The topological polar surface area (TPSA) is 123 Å². The molecule has 1 saturated carbocycles. The van der Waals surface area contributed by atoms with Crippen molar-refractivity contribution in [2.45, 2.75) is 18.8 Å². The molecule has 0 radical (unpaired) electrons. The van der Waals surface area contributed by atoms with Gasteiger partial charge in [0.15, 0.2) is 0 Å². The first-order valence-electron chi connectivity index (χ1n) is 6.78. The van der Waals surface area contributed by atoms with Crippen LogP contribution in [0.15, 0.2) is 18.5 Å². The molecule has 2 aromatic rings. The Hall–Kier alpha value is -2.90. The number of anilines is 1. The van der Waals surface area contributed by atoms with Crippen LogP contribution in [0.5, 0.6) is 5.88 Å². The highest BCUT2D eigenvalue weighted by Crippen LogP contribution is 2.40. The minimum absolute atomic E-state index is 0.106. The molecule has 0 unspecified atom stereocenters. The number of methoxy groups -OCH3 is 1. The van der Waals surface area contributed by atoms with E-state index in [1.54, 1.807) is 0 Å². The van der Waals surface area contributed by atoms with E-state index < -0.39 is 5.91 Å². The molecule has 0 aliphatic heterocycles. The van der Waals surface area contributed by atoms with Gasteiger partial charge in [0.05, 0.1) is 36.4 Å². The lowest BCUT2D eigenvalue weighted by Crippen LogP contribution is -2.16. The van der Waals surface area contributed by atoms with Crippen LogP contribution in [0.3, 0.4) is 0 Å². The number of ether oxygens (including phenoxy) is 1. The monoisotopic (exact) mass is 301 g/mol. The number of carbonyl (C=O) groups is 2. The van der Waals surface area contributed by atoms with Crippen molar-refractivity contribution < 1.29 is 14.3 Å². The molecular formula is C14H15N5O3. The molecule has 0 saturated heterocycles. The average Bonchev–Trinajstić information content (AvgIpc) is 3.23. The number of hydrogen-bond acceptors (Lipinski definition) is 5. The largest absolute Gasteiger partial charge is 0.480 e. The summed E-state index contributed by atoms with van der Waals surface area (Å²) in [7, 11) is 1.39. The van der Waals surface area contributed by atoms with E-state index in [1.165, 1.54) is 25.6 Å². The number of nitrogens with zero attached hydrogens (tertiary/aromatic N) is 2. The summed E-state index contributed by atoms with van der Waals surface area (Å²) in [5.74, 6) is -0.494. The zero-order valence-electron chi connectivity index (χ0n) is 11.9. The second-order valence-corrected chi connectivity index (χ2v) is 5.07. The number of nitrogens with two attached hydrogens (primary N) is 1.